The Morgan fingerprint density at radius 2 is 1.08 bits per heavy atom. The highest BCUT2D eigenvalue weighted by molar-refractivity contribution is 6.16. The average molecular weight is 325 g/mol. The van der Waals surface area contributed by atoms with Crippen molar-refractivity contribution in [2.75, 3.05) is 0 Å². The van der Waals surface area contributed by atoms with E-state index < -0.39 is 6.23 Å². The van der Waals surface area contributed by atoms with Crippen LogP contribution in [0.25, 0.3) is 16.7 Å². The Hall–Kier alpha value is -3.10. The smallest absolute Gasteiger partial charge is 0.174 e. The van der Waals surface area contributed by atoms with Crippen molar-refractivity contribution in [1.82, 2.24) is 0 Å². The summed E-state index contributed by atoms with van der Waals surface area (Å²) in [6.07, 6.45) is 1.29. The molecule has 1 aliphatic rings. The van der Waals surface area contributed by atoms with E-state index in [2.05, 4.69) is 48.5 Å². The van der Waals surface area contributed by atoms with Gasteiger partial charge < -0.3 is 4.74 Å². The molecule has 25 heavy (non-hydrogen) atoms. The monoisotopic (exact) mass is 325 g/mol. The van der Waals surface area contributed by atoms with E-state index in [0.717, 1.165) is 33.4 Å². The van der Waals surface area contributed by atoms with Crippen LogP contribution in [0.15, 0.2) is 97.3 Å². The Bertz CT molecular complexity index is 912. The SMILES string of the molecule is NC1OC=C(c2ccccc2)C(c2ccccc2)=C1c1ccccc1. The summed E-state index contributed by atoms with van der Waals surface area (Å²) >= 11 is 0. The summed E-state index contributed by atoms with van der Waals surface area (Å²) in [6.45, 7) is 0. The predicted molar refractivity (Wildman–Crippen MR) is 103 cm³/mol. The lowest BCUT2D eigenvalue weighted by Crippen LogP contribution is -2.27. The molecule has 2 N–H and O–H groups in total. The van der Waals surface area contributed by atoms with E-state index in [1.807, 2.05) is 42.5 Å². The standard InChI is InChI=1S/C23H19NO/c24-23-22(19-14-8-3-9-15-19)21(18-12-6-2-7-13-18)20(16-25-23)17-10-4-1-5-11-17/h1-16,23H,24H2. The number of hydrogen-bond acceptors (Lipinski definition) is 2. The van der Waals surface area contributed by atoms with Crippen molar-refractivity contribution in [3.8, 4) is 0 Å². The first-order chi connectivity index (χ1) is 12.3. The van der Waals surface area contributed by atoms with Crippen LogP contribution in [0, 0.1) is 0 Å². The fourth-order valence-electron chi connectivity index (χ4n) is 3.23. The molecular formula is C23H19NO. The van der Waals surface area contributed by atoms with E-state index in [4.69, 9.17) is 10.5 Å². The van der Waals surface area contributed by atoms with Crippen molar-refractivity contribution in [1.29, 1.82) is 0 Å². The van der Waals surface area contributed by atoms with Crippen LogP contribution in [0.2, 0.25) is 0 Å². The van der Waals surface area contributed by atoms with Gasteiger partial charge >= 0.3 is 0 Å². The predicted octanol–water partition coefficient (Wildman–Crippen LogP) is 4.95. The number of nitrogens with two attached hydrogens (primary N) is 1. The quantitative estimate of drug-likeness (QED) is 0.739. The molecule has 0 saturated carbocycles. The zero-order valence-corrected chi connectivity index (χ0v) is 13.8. The third kappa shape index (κ3) is 3.00. The van der Waals surface area contributed by atoms with E-state index in [0.29, 0.717) is 0 Å². The molecule has 0 aliphatic carbocycles. The third-order valence-electron chi connectivity index (χ3n) is 4.39. The molecule has 0 saturated heterocycles. The Balaban J connectivity index is 1.99. The van der Waals surface area contributed by atoms with E-state index in [1.165, 1.54) is 0 Å². The molecule has 2 heteroatoms. The Labute approximate surface area is 147 Å². The van der Waals surface area contributed by atoms with Gasteiger partial charge in [-0.15, -0.1) is 0 Å². The van der Waals surface area contributed by atoms with Gasteiger partial charge in [0, 0.05) is 16.7 Å². The maximum atomic E-state index is 6.35. The highest BCUT2D eigenvalue weighted by atomic mass is 16.5. The zero-order valence-electron chi connectivity index (χ0n) is 13.8. The van der Waals surface area contributed by atoms with Crippen molar-refractivity contribution in [3.05, 3.63) is 114 Å². The van der Waals surface area contributed by atoms with Crippen molar-refractivity contribution in [3.63, 3.8) is 0 Å². The molecule has 2 nitrogen and oxygen atoms in total. The van der Waals surface area contributed by atoms with Crippen molar-refractivity contribution >= 4 is 16.7 Å². The largest absolute Gasteiger partial charge is 0.478 e. The van der Waals surface area contributed by atoms with Crippen LogP contribution in [0.4, 0.5) is 0 Å². The lowest BCUT2D eigenvalue weighted by molar-refractivity contribution is 0.201. The molecule has 4 rings (SSSR count). The number of rotatable bonds is 3. The van der Waals surface area contributed by atoms with Crippen LogP contribution in [-0.4, -0.2) is 6.23 Å². The molecule has 1 aliphatic heterocycles. The first-order valence-corrected chi connectivity index (χ1v) is 8.36. The van der Waals surface area contributed by atoms with E-state index in [-0.39, 0.29) is 0 Å². The van der Waals surface area contributed by atoms with Gasteiger partial charge in [-0.2, -0.15) is 0 Å². The Kier molecular flexibility index (Phi) is 4.19. The fraction of sp³-hybridized carbons (Fsp3) is 0.0435. The minimum atomic E-state index is -0.495. The minimum absolute atomic E-state index is 0.495. The summed E-state index contributed by atoms with van der Waals surface area (Å²) in [4.78, 5) is 0. The first-order valence-electron chi connectivity index (χ1n) is 8.36. The Morgan fingerprint density at radius 3 is 1.64 bits per heavy atom. The fourth-order valence-corrected chi connectivity index (χ4v) is 3.23. The van der Waals surface area contributed by atoms with Crippen LogP contribution in [-0.2, 0) is 4.74 Å². The van der Waals surface area contributed by atoms with Crippen molar-refractivity contribution < 1.29 is 4.74 Å². The number of hydrogen-bond donors (Lipinski definition) is 1. The summed E-state index contributed by atoms with van der Waals surface area (Å²) in [7, 11) is 0. The molecule has 0 spiro atoms. The molecule has 0 amide bonds. The maximum Gasteiger partial charge on any atom is 0.174 e. The van der Waals surface area contributed by atoms with Crippen LogP contribution in [0.3, 0.4) is 0 Å². The van der Waals surface area contributed by atoms with Gasteiger partial charge in [0.2, 0.25) is 0 Å². The molecule has 0 radical (unpaired) electrons. The van der Waals surface area contributed by atoms with Crippen LogP contribution in [0.1, 0.15) is 16.7 Å². The molecule has 1 heterocycles. The van der Waals surface area contributed by atoms with E-state index >= 15 is 0 Å². The number of benzene rings is 3. The van der Waals surface area contributed by atoms with Crippen LogP contribution >= 0.6 is 0 Å². The molecule has 122 valence electrons. The highest BCUT2D eigenvalue weighted by Crippen LogP contribution is 2.41. The van der Waals surface area contributed by atoms with Gasteiger partial charge in [-0.25, -0.2) is 0 Å². The molecule has 1 atom stereocenters. The van der Waals surface area contributed by atoms with Gasteiger partial charge in [-0.05, 0) is 16.7 Å². The van der Waals surface area contributed by atoms with Gasteiger partial charge in [-0.1, -0.05) is 91.0 Å². The summed E-state index contributed by atoms with van der Waals surface area (Å²) in [6, 6.07) is 30.9. The second-order valence-electron chi connectivity index (χ2n) is 5.97. The lowest BCUT2D eigenvalue weighted by atomic mass is 9.85. The highest BCUT2D eigenvalue weighted by Gasteiger charge is 2.26. The maximum absolute atomic E-state index is 6.35. The molecule has 3 aromatic rings. The number of ether oxygens (including phenoxy) is 1. The molecule has 3 aromatic carbocycles. The van der Waals surface area contributed by atoms with Gasteiger partial charge in [-0.3, -0.25) is 5.73 Å². The molecule has 0 aromatic heterocycles. The van der Waals surface area contributed by atoms with E-state index in [9.17, 15) is 0 Å². The minimum Gasteiger partial charge on any atom is -0.478 e. The number of allylic oxidation sites excluding steroid dienone is 2. The van der Waals surface area contributed by atoms with Gasteiger partial charge in [0.05, 0.1) is 6.26 Å². The van der Waals surface area contributed by atoms with E-state index in [1.54, 1.807) is 6.26 Å². The molecule has 0 fully saturated rings. The summed E-state index contributed by atoms with van der Waals surface area (Å²) in [5.74, 6) is 0. The topological polar surface area (TPSA) is 35.2 Å². The molecule has 1 unspecified atom stereocenters. The summed E-state index contributed by atoms with van der Waals surface area (Å²) < 4.78 is 5.82. The Morgan fingerprint density at radius 1 is 0.600 bits per heavy atom. The second kappa shape index (κ2) is 6.80. The lowest BCUT2D eigenvalue weighted by Gasteiger charge is -2.28. The molecular weight excluding hydrogens is 306 g/mol. The first kappa shape index (κ1) is 15.4. The average Bonchev–Trinajstić information content (AvgIpc) is 2.70. The van der Waals surface area contributed by atoms with Gasteiger partial charge in [0.25, 0.3) is 0 Å². The summed E-state index contributed by atoms with van der Waals surface area (Å²) in [5.41, 5.74) is 12.9. The normalized spacial score (nSPS) is 17.0. The second-order valence-corrected chi connectivity index (χ2v) is 5.97. The van der Waals surface area contributed by atoms with Crippen molar-refractivity contribution in [2.45, 2.75) is 6.23 Å². The van der Waals surface area contributed by atoms with Gasteiger partial charge in [0.1, 0.15) is 0 Å². The van der Waals surface area contributed by atoms with Crippen molar-refractivity contribution in [2.24, 2.45) is 5.73 Å². The zero-order chi connectivity index (χ0) is 17.1. The summed E-state index contributed by atoms with van der Waals surface area (Å²) in [5, 5.41) is 0. The van der Waals surface area contributed by atoms with Crippen LogP contribution < -0.4 is 5.73 Å². The van der Waals surface area contributed by atoms with Gasteiger partial charge in [0.15, 0.2) is 6.23 Å². The van der Waals surface area contributed by atoms with Crippen LogP contribution in [0.5, 0.6) is 0 Å². The molecule has 0 bridgehead atoms. The third-order valence-corrected chi connectivity index (χ3v) is 4.39.